The Morgan fingerprint density at radius 3 is 2.53 bits per heavy atom. The summed E-state index contributed by atoms with van der Waals surface area (Å²) in [6.45, 7) is 1.44. The lowest BCUT2D eigenvalue weighted by Gasteiger charge is -2.24. The van der Waals surface area contributed by atoms with E-state index < -0.39 is 17.9 Å². The van der Waals surface area contributed by atoms with Gasteiger partial charge in [-0.15, -0.1) is 0 Å². The second-order valence-electron chi connectivity index (χ2n) is 8.67. The molecule has 0 bridgehead atoms. The molecule has 0 aliphatic carbocycles. The summed E-state index contributed by atoms with van der Waals surface area (Å²) >= 11 is 0. The van der Waals surface area contributed by atoms with Gasteiger partial charge in [-0.3, -0.25) is 19.8 Å². The van der Waals surface area contributed by atoms with Crippen molar-refractivity contribution < 1.29 is 14.4 Å². The molecule has 1 aromatic heterocycles. The normalized spacial score (nSPS) is 15.1. The first-order valence-electron chi connectivity index (χ1n) is 11.6. The molecule has 1 aliphatic heterocycles. The molecule has 1 saturated heterocycles. The van der Waals surface area contributed by atoms with Gasteiger partial charge in [0.15, 0.2) is 0 Å². The number of nitrogens with one attached hydrogen (secondary N) is 3. The van der Waals surface area contributed by atoms with Crippen molar-refractivity contribution in [3.8, 4) is 0 Å². The first-order valence-corrected chi connectivity index (χ1v) is 11.6. The number of hydrazine groups is 1. The molecule has 1 unspecified atom stereocenters. The summed E-state index contributed by atoms with van der Waals surface area (Å²) in [4.78, 5) is 47.6. The minimum atomic E-state index is -0.905. The van der Waals surface area contributed by atoms with E-state index in [0.29, 0.717) is 12.1 Å². The molecule has 178 valence electrons. The lowest BCUT2D eigenvalue weighted by Crippen LogP contribution is -2.52. The number of imidazole rings is 1. The van der Waals surface area contributed by atoms with Crippen LogP contribution in [0.3, 0.4) is 0 Å². The van der Waals surface area contributed by atoms with Crippen molar-refractivity contribution in [2.75, 3.05) is 13.1 Å². The molecule has 3 aromatic rings. The first-order chi connectivity index (χ1) is 16.5. The van der Waals surface area contributed by atoms with Crippen molar-refractivity contribution >= 4 is 28.5 Å². The number of likely N-dealkylation sites (tertiary alicyclic amines) is 1. The highest BCUT2D eigenvalue weighted by molar-refractivity contribution is 5.92. The first kappa shape index (κ1) is 23.4. The maximum Gasteiger partial charge on any atom is 0.256 e. The summed E-state index contributed by atoms with van der Waals surface area (Å²) in [7, 11) is 0. The summed E-state index contributed by atoms with van der Waals surface area (Å²) < 4.78 is 0. The second-order valence-corrected chi connectivity index (χ2v) is 8.67. The van der Waals surface area contributed by atoms with Crippen LogP contribution in [-0.2, 0) is 27.2 Å². The molecular formula is C25H30N6O3. The SMILES string of the molecule is NNC(=O)[C@H](Cc1c[nH]cn1)NC(=O)C(CC(=O)N1CCCC1)Cc1cccc2ccccc12. The topological polar surface area (TPSA) is 133 Å². The lowest BCUT2D eigenvalue weighted by atomic mass is 9.91. The molecule has 0 saturated carbocycles. The molecule has 1 fully saturated rings. The Labute approximate surface area is 198 Å². The molecule has 0 radical (unpaired) electrons. The van der Waals surface area contributed by atoms with Crippen LogP contribution in [0.15, 0.2) is 55.0 Å². The fraction of sp³-hybridized carbons (Fsp3) is 0.360. The van der Waals surface area contributed by atoms with Gasteiger partial charge in [-0.2, -0.15) is 0 Å². The number of nitrogens with zero attached hydrogens (tertiary/aromatic N) is 2. The van der Waals surface area contributed by atoms with Crippen molar-refractivity contribution in [2.45, 2.75) is 38.1 Å². The number of amides is 3. The van der Waals surface area contributed by atoms with E-state index in [-0.39, 0.29) is 24.7 Å². The van der Waals surface area contributed by atoms with E-state index in [1.54, 1.807) is 6.20 Å². The van der Waals surface area contributed by atoms with Crippen LogP contribution < -0.4 is 16.6 Å². The van der Waals surface area contributed by atoms with E-state index in [4.69, 9.17) is 5.84 Å². The molecule has 1 aliphatic rings. The molecule has 34 heavy (non-hydrogen) atoms. The minimum Gasteiger partial charge on any atom is -0.351 e. The number of aromatic nitrogens is 2. The number of carbonyl (C=O) groups excluding carboxylic acids is 3. The van der Waals surface area contributed by atoms with E-state index in [9.17, 15) is 14.4 Å². The highest BCUT2D eigenvalue weighted by Gasteiger charge is 2.30. The van der Waals surface area contributed by atoms with Gasteiger partial charge in [0, 0.05) is 32.1 Å². The van der Waals surface area contributed by atoms with Crippen LogP contribution >= 0.6 is 0 Å². The Kier molecular flexibility index (Phi) is 7.54. The van der Waals surface area contributed by atoms with Crippen LogP contribution in [0.1, 0.15) is 30.5 Å². The van der Waals surface area contributed by atoms with Gasteiger partial charge in [0.25, 0.3) is 5.91 Å². The fourth-order valence-electron chi connectivity index (χ4n) is 4.51. The van der Waals surface area contributed by atoms with Gasteiger partial charge >= 0.3 is 0 Å². The third kappa shape index (κ3) is 5.60. The van der Waals surface area contributed by atoms with Gasteiger partial charge in [-0.25, -0.2) is 10.8 Å². The van der Waals surface area contributed by atoms with Gasteiger partial charge in [-0.05, 0) is 35.6 Å². The summed E-state index contributed by atoms with van der Waals surface area (Å²) in [6.07, 6.45) is 5.77. The van der Waals surface area contributed by atoms with Crippen LogP contribution in [0.25, 0.3) is 10.8 Å². The predicted octanol–water partition coefficient (Wildman–Crippen LogP) is 1.45. The third-order valence-corrected chi connectivity index (χ3v) is 6.34. The summed E-state index contributed by atoms with van der Waals surface area (Å²) in [5, 5.41) is 4.93. The van der Waals surface area contributed by atoms with Crippen LogP contribution in [0.4, 0.5) is 0 Å². The molecule has 2 aromatic carbocycles. The molecule has 3 amide bonds. The Hall–Kier alpha value is -3.72. The number of benzene rings is 2. The van der Waals surface area contributed by atoms with Crippen LogP contribution in [0.5, 0.6) is 0 Å². The molecule has 4 rings (SSSR count). The molecule has 9 heteroatoms. The molecule has 5 N–H and O–H groups in total. The van der Waals surface area contributed by atoms with Crippen LogP contribution in [0.2, 0.25) is 0 Å². The molecule has 0 spiro atoms. The van der Waals surface area contributed by atoms with Crippen LogP contribution in [-0.4, -0.2) is 51.7 Å². The molecular weight excluding hydrogens is 432 g/mol. The minimum absolute atomic E-state index is 0.0370. The smallest absolute Gasteiger partial charge is 0.256 e. The number of carbonyl (C=O) groups is 3. The van der Waals surface area contributed by atoms with Gasteiger partial charge in [0.05, 0.1) is 17.9 Å². The van der Waals surface area contributed by atoms with Gasteiger partial charge < -0.3 is 15.2 Å². The van der Waals surface area contributed by atoms with Gasteiger partial charge in [-0.1, -0.05) is 42.5 Å². The average Bonchev–Trinajstić information content (AvgIpc) is 3.57. The van der Waals surface area contributed by atoms with Gasteiger partial charge in [0.1, 0.15) is 6.04 Å². The number of hydrogen-bond acceptors (Lipinski definition) is 5. The van der Waals surface area contributed by atoms with E-state index in [1.165, 1.54) is 6.33 Å². The molecule has 2 heterocycles. The zero-order chi connectivity index (χ0) is 23.9. The number of rotatable bonds is 9. The highest BCUT2D eigenvalue weighted by atomic mass is 16.2. The summed E-state index contributed by atoms with van der Waals surface area (Å²) in [5.41, 5.74) is 3.72. The number of nitrogens with two attached hydrogens (primary N) is 1. The quantitative estimate of drug-likeness (QED) is 0.217. The summed E-state index contributed by atoms with van der Waals surface area (Å²) in [5.74, 6) is 3.81. The van der Waals surface area contributed by atoms with Crippen molar-refractivity contribution in [1.29, 1.82) is 0 Å². The molecule has 9 nitrogen and oxygen atoms in total. The van der Waals surface area contributed by atoms with E-state index in [0.717, 1.165) is 42.3 Å². The Morgan fingerprint density at radius 2 is 1.79 bits per heavy atom. The van der Waals surface area contributed by atoms with E-state index in [1.807, 2.05) is 47.4 Å². The monoisotopic (exact) mass is 462 g/mol. The summed E-state index contributed by atoms with van der Waals surface area (Å²) in [6, 6.07) is 13.0. The van der Waals surface area contributed by atoms with Gasteiger partial charge in [0.2, 0.25) is 11.8 Å². The second kappa shape index (κ2) is 10.9. The zero-order valence-corrected chi connectivity index (χ0v) is 19.0. The van der Waals surface area contributed by atoms with Crippen molar-refractivity contribution in [2.24, 2.45) is 11.8 Å². The number of aromatic amines is 1. The number of hydrogen-bond donors (Lipinski definition) is 4. The maximum atomic E-state index is 13.5. The standard InChI is InChI=1S/C25H30N6O3/c26-30-25(34)22(14-20-15-27-16-28-20)29-24(33)19(13-23(32)31-10-3-4-11-31)12-18-8-5-7-17-6-1-2-9-21(17)18/h1-2,5-9,15-16,19,22H,3-4,10-14,26H2,(H,27,28)(H,29,33)(H,30,34)/t19?,22-/m0/s1. The van der Waals surface area contributed by atoms with Crippen molar-refractivity contribution in [3.05, 3.63) is 66.2 Å². The number of fused-ring (bicyclic) bond motifs is 1. The lowest BCUT2D eigenvalue weighted by molar-refractivity contribution is -0.136. The van der Waals surface area contributed by atoms with E-state index in [2.05, 4.69) is 20.7 Å². The Morgan fingerprint density at radius 1 is 1.03 bits per heavy atom. The van der Waals surface area contributed by atoms with Crippen molar-refractivity contribution in [3.63, 3.8) is 0 Å². The van der Waals surface area contributed by atoms with Crippen LogP contribution in [0, 0.1) is 5.92 Å². The van der Waals surface area contributed by atoms with E-state index >= 15 is 0 Å². The average molecular weight is 463 g/mol. The Bertz CT molecular complexity index is 1140. The largest absolute Gasteiger partial charge is 0.351 e. The highest BCUT2D eigenvalue weighted by Crippen LogP contribution is 2.24. The third-order valence-electron chi connectivity index (χ3n) is 6.34. The predicted molar refractivity (Wildman–Crippen MR) is 128 cm³/mol. The Balaban J connectivity index is 1.57. The molecule has 2 atom stereocenters. The van der Waals surface area contributed by atoms with Crippen molar-refractivity contribution in [1.82, 2.24) is 25.6 Å². The maximum absolute atomic E-state index is 13.5. The zero-order valence-electron chi connectivity index (χ0n) is 19.0. The number of H-pyrrole nitrogens is 1. The fourth-order valence-corrected chi connectivity index (χ4v) is 4.51.